The molecule has 0 radical (unpaired) electrons. The summed E-state index contributed by atoms with van der Waals surface area (Å²) in [5, 5.41) is 10.8. The molecule has 0 spiro atoms. The van der Waals surface area contributed by atoms with Crippen LogP contribution in [0.5, 0.6) is 5.75 Å². The van der Waals surface area contributed by atoms with Crippen molar-refractivity contribution in [1.82, 2.24) is 10.2 Å². The number of benzene rings is 2. The summed E-state index contributed by atoms with van der Waals surface area (Å²) in [5.74, 6) is 1.24. The Kier molecular flexibility index (Phi) is 4.62. The molecule has 2 N–H and O–H groups in total. The monoisotopic (exact) mass is 373 g/mol. The normalized spacial score (nSPS) is 10.7. The van der Waals surface area contributed by atoms with Gasteiger partial charge in [0.1, 0.15) is 5.75 Å². The van der Waals surface area contributed by atoms with Gasteiger partial charge in [0, 0.05) is 9.86 Å². The maximum Gasteiger partial charge on any atom is 0.230 e. The van der Waals surface area contributed by atoms with Gasteiger partial charge in [0.25, 0.3) is 0 Å². The fourth-order valence-electron chi connectivity index (χ4n) is 2.32. The van der Waals surface area contributed by atoms with E-state index in [9.17, 15) is 4.79 Å². The molecule has 1 aromatic heterocycles. The van der Waals surface area contributed by atoms with E-state index in [0.29, 0.717) is 12.4 Å². The van der Waals surface area contributed by atoms with Gasteiger partial charge in [-0.25, -0.2) is 0 Å². The topological polar surface area (TPSA) is 67.0 Å². The van der Waals surface area contributed by atoms with Crippen LogP contribution in [0.4, 0.5) is 5.82 Å². The molecule has 0 fully saturated rings. The van der Waals surface area contributed by atoms with E-state index in [4.69, 9.17) is 4.74 Å². The molecule has 0 atom stereocenters. The minimum absolute atomic E-state index is 0.106. The lowest BCUT2D eigenvalue weighted by Gasteiger charge is -2.05. The Bertz CT molecular complexity index is 827. The molecular formula is C17H16BrN3O2. The molecule has 1 amide bonds. The molecule has 0 bridgehead atoms. The first kappa shape index (κ1) is 15.6. The number of aromatic amines is 1. The van der Waals surface area contributed by atoms with Crippen LogP contribution >= 0.6 is 15.9 Å². The number of ether oxygens (including phenoxy) is 1. The third-order valence-electron chi connectivity index (χ3n) is 3.38. The number of carbonyl (C=O) groups is 1. The van der Waals surface area contributed by atoms with Gasteiger partial charge in [0.15, 0.2) is 5.82 Å². The summed E-state index contributed by atoms with van der Waals surface area (Å²) in [6, 6.07) is 13.3. The Morgan fingerprint density at radius 1 is 1.26 bits per heavy atom. The molecule has 5 nitrogen and oxygen atoms in total. The number of hydrogen-bond donors (Lipinski definition) is 2. The van der Waals surface area contributed by atoms with Crippen LogP contribution in [0.25, 0.3) is 10.9 Å². The van der Waals surface area contributed by atoms with E-state index in [-0.39, 0.29) is 12.3 Å². The van der Waals surface area contributed by atoms with Gasteiger partial charge in [0.05, 0.1) is 18.5 Å². The molecule has 3 aromatic rings. The molecule has 3 rings (SSSR count). The molecule has 0 aliphatic heterocycles. The van der Waals surface area contributed by atoms with Crippen molar-refractivity contribution in [1.29, 1.82) is 0 Å². The summed E-state index contributed by atoms with van der Waals surface area (Å²) in [7, 11) is 0. The van der Waals surface area contributed by atoms with Gasteiger partial charge in [-0.1, -0.05) is 28.1 Å². The maximum absolute atomic E-state index is 12.2. The van der Waals surface area contributed by atoms with Crippen LogP contribution in [0.15, 0.2) is 46.9 Å². The fourth-order valence-corrected chi connectivity index (χ4v) is 2.68. The van der Waals surface area contributed by atoms with Crippen molar-refractivity contribution in [3.05, 3.63) is 52.5 Å². The molecule has 6 heteroatoms. The van der Waals surface area contributed by atoms with Crippen LogP contribution in [0.3, 0.4) is 0 Å². The molecule has 1 heterocycles. The van der Waals surface area contributed by atoms with Gasteiger partial charge in [0.2, 0.25) is 5.91 Å². The summed E-state index contributed by atoms with van der Waals surface area (Å²) >= 11 is 3.41. The largest absolute Gasteiger partial charge is 0.494 e. The fraction of sp³-hybridized carbons (Fsp3) is 0.176. The van der Waals surface area contributed by atoms with Gasteiger partial charge in [-0.2, -0.15) is 5.10 Å². The van der Waals surface area contributed by atoms with Gasteiger partial charge in [-0.3, -0.25) is 9.89 Å². The van der Waals surface area contributed by atoms with E-state index < -0.39 is 0 Å². The van der Waals surface area contributed by atoms with Gasteiger partial charge in [-0.05, 0) is 42.8 Å². The molecule has 0 saturated carbocycles. The smallest absolute Gasteiger partial charge is 0.230 e. The number of amides is 1. The van der Waals surface area contributed by atoms with Gasteiger partial charge < -0.3 is 10.1 Å². The highest BCUT2D eigenvalue weighted by molar-refractivity contribution is 9.10. The number of fused-ring (bicyclic) bond motifs is 1. The Balaban J connectivity index is 1.68. The number of H-pyrrole nitrogens is 1. The lowest BCUT2D eigenvalue weighted by atomic mass is 10.1. The first-order valence-electron chi connectivity index (χ1n) is 7.31. The summed E-state index contributed by atoms with van der Waals surface area (Å²) in [5.41, 5.74) is 1.80. The van der Waals surface area contributed by atoms with Crippen molar-refractivity contribution < 1.29 is 9.53 Å². The minimum Gasteiger partial charge on any atom is -0.494 e. The van der Waals surface area contributed by atoms with Crippen molar-refractivity contribution in [3.63, 3.8) is 0 Å². The summed E-state index contributed by atoms with van der Waals surface area (Å²) in [6.07, 6.45) is 0.289. The number of halogens is 1. The number of nitrogens with zero attached hydrogens (tertiary/aromatic N) is 1. The first-order valence-corrected chi connectivity index (χ1v) is 8.10. The highest BCUT2D eigenvalue weighted by Gasteiger charge is 2.10. The van der Waals surface area contributed by atoms with Crippen molar-refractivity contribution >= 4 is 38.6 Å². The molecule has 0 aliphatic rings. The number of anilines is 1. The second kappa shape index (κ2) is 6.83. The number of nitrogens with one attached hydrogen (secondary N) is 2. The molecule has 0 aliphatic carbocycles. The Hall–Kier alpha value is -2.34. The number of hydrogen-bond acceptors (Lipinski definition) is 3. The van der Waals surface area contributed by atoms with Crippen LogP contribution in [0.1, 0.15) is 12.5 Å². The molecule has 118 valence electrons. The molecule has 0 unspecified atom stereocenters. The lowest BCUT2D eigenvalue weighted by molar-refractivity contribution is -0.115. The summed E-state index contributed by atoms with van der Waals surface area (Å²) in [6.45, 7) is 2.57. The Labute approximate surface area is 142 Å². The van der Waals surface area contributed by atoms with Crippen molar-refractivity contribution in [2.24, 2.45) is 0 Å². The first-order chi connectivity index (χ1) is 11.2. The number of carbonyl (C=O) groups excluding carboxylic acids is 1. The average Bonchev–Trinajstić information content (AvgIpc) is 2.91. The average molecular weight is 374 g/mol. The molecule has 23 heavy (non-hydrogen) atoms. The third-order valence-corrected chi connectivity index (χ3v) is 3.88. The zero-order valence-electron chi connectivity index (χ0n) is 12.6. The van der Waals surface area contributed by atoms with Crippen LogP contribution < -0.4 is 10.1 Å². The van der Waals surface area contributed by atoms with Crippen LogP contribution in [-0.2, 0) is 11.2 Å². The van der Waals surface area contributed by atoms with Crippen LogP contribution in [-0.4, -0.2) is 22.7 Å². The molecule has 2 aromatic carbocycles. The van der Waals surface area contributed by atoms with Crippen LogP contribution in [0.2, 0.25) is 0 Å². The van der Waals surface area contributed by atoms with Crippen molar-refractivity contribution in [3.8, 4) is 5.75 Å². The van der Waals surface area contributed by atoms with Gasteiger partial charge >= 0.3 is 0 Å². The Morgan fingerprint density at radius 2 is 2.04 bits per heavy atom. The van der Waals surface area contributed by atoms with E-state index in [0.717, 1.165) is 26.7 Å². The van der Waals surface area contributed by atoms with E-state index in [2.05, 4.69) is 31.4 Å². The quantitative estimate of drug-likeness (QED) is 0.712. The minimum atomic E-state index is -0.106. The van der Waals surface area contributed by atoms with Crippen molar-refractivity contribution in [2.75, 3.05) is 11.9 Å². The zero-order chi connectivity index (χ0) is 16.2. The number of aromatic nitrogens is 2. The standard InChI is InChI=1S/C17H16BrN3O2/c1-2-23-13-6-3-11(4-7-13)9-16(22)19-17-14-8-5-12(18)10-15(14)20-21-17/h3-8,10H,2,9H2,1H3,(H2,19,20,21,22). The van der Waals surface area contributed by atoms with E-state index in [1.165, 1.54) is 0 Å². The third kappa shape index (κ3) is 3.71. The second-order valence-corrected chi connectivity index (χ2v) is 5.98. The highest BCUT2D eigenvalue weighted by atomic mass is 79.9. The van der Waals surface area contributed by atoms with E-state index in [1.54, 1.807) is 0 Å². The lowest BCUT2D eigenvalue weighted by Crippen LogP contribution is -2.14. The zero-order valence-corrected chi connectivity index (χ0v) is 14.2. The predicted molar refractivity (Wildman–Crippen MR) is 93.7 cm³/mol. The highest BCUT2D eigenvalue weighted by Crippen LogP contribution is 2.24. The number of rotatable bonds is 5. The molecular weight excluding hydrogens is 358 g/mol. The molecule has 0 saturated heterocycles. The summed E-state index contributed by atoms with van der Waals surface area (Å²) in [4.78, 5) is 12.2. The van der Waals surface area contributed by atoms with Gasteiger partial charge in [-0.15, -0.1) is 0 Å². The van der Waals surface area contributed by atoms with Crippen molar-refractivity contribution in [2.45, 2.75) is 13.3 Å². The van der Waals surface area contributed by atoms with Crippen LogP contribution in [0, 0.1) is 0 Å². The van der Waals surface area contributed by atoms with E-state index >= 15 is 0 Å². The predicted octanol–water partition coefficient (Wildman–Crippen LogP) is 3.91. The maximum atomic E-state index is 12.2. The van der Waals surface area contributed by atoms with E-state index in [1.807, 2.05) is 49.4 Å². The SMILES string of the molecule is CCOc1ccc(CC(=O)Nc2n[nH]c3cc(Br)ccc23)cc1. The second-order valence-electron chi connectivity index (χ2n) is 5.06. The summed E-state index contributed by atoms with van der Waals surface area (Å²) < 4.78 is 6.35. The Morgan fingerprint density at radius 3 is 2.78 bits per heavy atom.